The van der Waals surface area contributed by atoms with Crippen molar-refractivity contribution in [1.29, 1.82) is 0 Å². The molecule has 1 fully saturated rings. The number of hydrogen-bond acceptors (Lipinski definition) is 3. The number of carbonyl (C=O) groups is 1. The maximum absolute atomic E-state index is 11.6. The highest BCUT2D eigenvalue weighted by Crippen LogP contribution is 2.32. The third-order valence-corrected chi connectivity index (χ3v) is 3.28. The Morgan fingerprint density at radius 3 is 2.94 bits per heavy atom. The predicted octanol–water partition coefficient (Wildman–Crippen LogP) is 0.435. The van der Waals surface area contributed by atoms with Crippen molar-refractivity contribution in [3.63, 3.8) is 0 Å². The normalized spacial score (nSPS) is 18.8. The van der Waals surface area contributed by atoms with Gasteiger partial charge in [0.25, 0.3) is 0 Å². The Bertz CT molecular complexity index is 408. The Morgan fingerprint density at radius 2 is 2.41 bits per heavy atom. The molecule has 1 aliphatic rings. The molecule has 0 saturated heterocycles. The van der Waals surface area contributed by atoms with Gasteiger partial charge in [0.2, 0.25) is 5.91 Å². The molecule has 0 bridgehead atoms. The van der Waals surface area contributed by atoms with Crippen molar-refractivity contribution in [2.45, 2.75) is 38.8 Å². The summed E-state index contributed by atoms with van der Waals surface area (Å²) < 4.78 is 2.09. The maximum Gasteiger partial charge on any atom is 0.240 e. The van der Waals surface area contributed by atoms with Crippen LogP contribution in [0.1, 0.15) is 25.6 Å². The number of carbonyl (C=O) groups excluding carboxylic acids is 1. The SMILES string of the molecule is Cc1nccn1CC(C)CNC(=O)C1(N)CC1. The second-order valence-corrected chi connectivity index (χ2v) is 5.10. The Hall–Kier alpha value is -1.36. The zero-order chi connectivity index (χ0) is 12.5. The van der Waals surface area contributed by atoms with Crippen LogP contribution in [-0.4, -0.2) is 27.5 Å². The van der Waals surface area contributed by atoms with Crippen molar-refractivity contribution in [3.05, 3.63) is 18.2 Å². The molecular weight excluding hydrogens is 216 g/mol. The first-order valence-corrected chi connectivity index (χ1v) is 6.06. The van der Waals surface area contributed by atoms with Gasteiger partial charge >= 0.3 is 0 Å². The van der Waals surface area contributed by atoms with Crippen LogP contribution in [0.3, 0.4) is 0 Å². The van der Waals surface area contributed by atoms with Crippen molar-refractivity contribution >= 4 is 5.91 Å². The van der Waals surface area contributed by atoms with E-state index in [1.54, 1.807) is 6.20 Å². The minimum absolute atomic E-state index is 0.00768. The van der Waals surface area contributed by atoms with Crippen LogP contribution < -0.4 is 11.1 Å². The maximum atomic E-state index is 11.6. The molecule has 5 nitrogen and oxygen atoms in total. The predicted molar refractivity (Wildman–Crippen MR) is 65.3 cm³/mol. The molecule has 1 saturated carbocycles. The molecule has 0 spiro atoms. The zero-order valence-electron chi connectivity index (χ0n) is 10.4. The Kier molecular flexibility index (Phi) is 3.19. The molecule has 1 unspecified atom stereocenters. The second kappa shape index (κ2) is 4.49. The Morgan fingerprint density at radius 1 is 1.71 bits per heavy atom. The standard InChI is InChI=1S/C12H20N4O/c1-9(8-16-6-5-14-10(16)2)7-15-11(17)12(13)3-4-12/h5-6,9H,3-4,7-8,13H2,1-2H3,(H,15,17). The molecule has 94 valence electrons. The van der Waals surface area contributed by atoms with Crippen LogP contribution in [0, 0.1) is 12.8 Å². The highest BCUT2D eigenvalue weighted by atomic mass is 16.2. The van der Waals surface area contributed by atoms with E-state index in [0.29, 0.717) is 12.5 Å². The lowest BCUT2D eigenvalue weighted by Gasteiger charge is -2.16. The fourth-order valence-electron chi connectivity index (χ4n) is 1.80. The van der Waals surface area contributed by atoms with Gasteiger partial charge in [-0.25, -0.2) is 4.98 Å². The summed E-state index contributed by atoms with van der Waals surface area (Å²) in [5, 5.41) is 2.92. The summed E-state index contributed by atoms with van der Waals surface area (Å²) in [6.45, 7) is 5.61. The molecule has 5 heteroatoms. The van der Waals surface area contributed by atoms with Crippen molar-refractivity contribution in [1.82, 2.24) is 14.9 Å². The van der Waals surface area contributed by atoms with E-state index in [0.717, 1.165) is 25.2 Å². The quantitative estimate of drug-likeness (QED) is 0.779. The van der Waals surface area contributed by atoms with E-state index in [-0.39, 0.29) is 5.91 Å². The average molecular weight is 236 g/mol. The molecule has 2 rings (SSSR count). The van der Waals surface area contributed by atoms with Gasteiger partial charge in [0, 0.05) is 25.5 Å². The van der Waals surface area contributed by atoms with Gasteiger partial charge in [-0.05, 0) is 25.7 Å². The van der Waals surface area contributed by atoms with Crippen LogP contribution in [-0.2, 0) is 11.3 Å². The topological polar surface area (TPSA) is 72.9 Å². The average Bonchev–Trinajstić information content (AvgIpc) is 2.92. The fraction of sp³-hybridized carbons (Fsp3) is 0.667. The smallest absolute Gasteiger partial charge is 0.240 e. The Labute approximate surface area is 101 Å². The zero-order valence-corrected chi connectivity index (χ0v) is 10.4. The van der Waals surface area contributed by atoms with Gasteiger partial charge in [-0.2, -0.15) is 0 Å². The highest BCUT2D eigenvalue weighted by Gasteiger charge is 2.45. The monoisotopic (exact) mass is 236 g/mol. The van der Waals surface area contributed by atoms with Crippen LogP contribution in [0.15, 0.2) is 12.4 Å². The number of nitrogens with zero attached hydrogens (tertiary/aromatic N) is 2. The van der Waals surface area contributed by atoms with Crippen molar-refractivity contribution in [2.75, 3.05) is 6.54 Å². The molecule has 1 atom stereocenters. The van der Waals surface area contributed by atoms with E-state index in [9.17, 15) is 4.79 Å². The number of rotatable bonds is 5. The minimum atomic E-state index is -0.565. The first-order valence-electron chi connectivity index (χ1n) is 6.06. The van der Waals surface area contributed by atoms with E-state index in [1.807, 2.05) is 13.1 Å². The van der Waals surface area contributed by atoms with Crippen LogP contribution in [0.2, 0.25) is 0 Å². The largest absolute Gasteiger partial charge is 0.354 e. The van der Waals surface area contributed by atoms with Gasteiger partial charge in [0.05, 0.1) is 5.54 Å². The highest BCUT2D eigenvalue weighted by molar-refractivity contribution is 5.88. The van der Waals surface area contributed by atoms with Crippen LogP contribution in [0.5, 0.6) is 0 Å². The van der Waals surface area contributed by atoms with E-state index in [2.05, 4.69) is 21.8 Å². The summed E-state index contributed by atoms with van der Waals surface area (Å²) >= 11 is 0. The van der Waals surface area contributed by atoms with Gasteiger partial charge in [-0.1, -0.05) is 6.92 Å². The first-order chi connectivity index (χ1) is 8.01. The minimum Gasteiger partial charge on any atom is -0.354 e. The number of aromatic nitrogens is 2. The van der Waals surface area contributed by atoms with E-state index < -0.39 is 5.54 Å². The molecule has 1 aromatic rings. The van der Waals surface area contributed by atoms with Crippen LogP contribution >= 0.6 is 0 Å². The number of hydrogen-bond donors (Lipinski definition) is 2. The molecule has 0 radical (unpaired) electrons. The molecular formula is C12H20N4O. The molecule has 1 amide bonds. The van der Waals surface area contributed by atoms with Gasteiger partial charge in [0.1, 0.15) is 5.82 Å². The molecule has 3 N–H and O–H groups in total. The van der Waals surface area contributed by atoms with Crippen LogP contribution in [0.25, 0.3) is 0 Å². The summed E-state index contributed by atoms with van der Waals surface area (Å²) in [5.74, 6) is 1.36. The summed E-state index contributed by atoms with van der Waals surface area (Å²) in [6, 6.07) is 0. The molecule has 17 heavy (non-hydrogen) atoms. The summed E-state index contributed by atoms with van der Waals surface area (Å²) in [6.07, 6.45) is 5.38. The fourth-order valence-corrected chi connectivity index (χ4v) is 1.80. The van der Waals surface area contributed by atoms with Gasteiger partial charge < -0.3 is 15.6 Å². The van der Waals surface area contributed by atoms with E-state index in [4.69, 9.17) is 5.73 Å². The van der Waals surface area contributed by atoms with Gasteiger partial charge in [0.15, 0.2) is 0 Å². The van der Waals surface area contributed by atoms with E-state index >= 15 is 0 Å². The summed E-state index contributed by atoms with van der Waals surface area (Å²) in [4.78, 5) is 15.8. The molecule has 1 heterocycles. The summed E-state index contributed by atoms with van der Waals surface area (Å²) in [7, 11) is 0. The lowest BCUT2D eigenvalue weighted by atomic mass is 10.1. The molecule has 1 aliphatic carbocycles. The van der Waals surface area contributed by atoms with Gasteiger partial charge in [-0.15, -0.1) is 0 Å². The number of nitrogens with one attached hydrogen (secondary N) is 1. The van der Waals surface area contributed by atoms with E-state index in [1.165, 1.54) is 0 Å². The molecule has 0 aromatic carbocycles. The lowest BCUT2D eigenvalue weighted by Crippen LogP contribution is -2.44. The van der Waals surface area contributed by atoms with Crippen LogP contribution in [0.4, 0.5) is 0 Å². The third-order valence-electron chi connectivity index (χ3n) is 3.28. The first kappa shape index (κ1) is 12.1. The molecule has 0 aliphatic heterocycles. The number of amides is 1. The molecule has 1 aromatic heterocycles. The number of imidazole rings is 1. The number of aryl methyl sites for hydroxylation is 1. The van der Waals surface area contributed by atoms with Crippen molar-refractivity contribution < 1.29 is 4.79 Å². The Balaban J connectivity index is 1.76. The van der Waals surface area contributed by atoms with Gasteiger partial charge in [-0.3, -0.25) is 4.79 Å². The van der Waals surface area contributed by atoms with Crippen molar-refractivity contribution in [2.24, 2.45) is 11.7 Å². The van der Waals surface area contributed by atoms with Crippen molar-refractivity contribution in [3.8, 4) is 0 Å². The number of nitrogens with two attached hydrogens (primary N) is 1. The lowest BCUT2D eigenvalue weighted by molar-refractivity contribution is -0.123. The summed E-state index contributed by atoms with van der Waals surface area (Å²) in [5.41, 5.74) is 5.24. The third kappa shape index (κ3) is 2.85. The second-order valence-electron chi connectivity index (χ2n) is 5.10.